The summed E-state index contributed by atoms with van der Waals surface area (Å²) in [6, 6.07) is 4.01. The Bertz CT molecular complexity index is 681. The van der Waals surface area contributed by atoms with Crippen LogP contribution in [0, 0.1) is 10.1 Å². The first-order valence-electron chi connectivity index (χ1n) is 8.76. The molecule has 1 atom stereocenters. The number of carbonyl (C=O) groups excluding carboxylic acids is 2. The Kier molecular flexibility index (Phi) is 6.54. The summed E-state index contributed by atoms with van der Waals surface area (Å²) >= 11 is 0. The lowest BCUT2D eigenvalue weighted by Crippen LogP contribution is -2.40. The number of nitro benzene ring substituents is 1. The number of esters is 1. The van der Waals surface area contributed by atoms with Crippen molar-refractivity contribution in [3.8, 4) is 0 Å². The van der Waals surface area contributed by atoms with Crippen LogP contribution in [0.2, 0.25) is 0 Å². The minimum atomic E-state index is -0.935. The van der Waals surface area contributed by atoms with Crippen molar-refractivity contribution in [1.82, 2.24) is 4.90 Å². The Morgan fingerprint density at radius 1 is 1.19 bits per heavy atom. The molecule has 8 nitrogen and oxygen atoms in total. The highest BCUT2D eigenvalue weighted by Crippen LogP contribution is 2.25. The molecule has 26 heavy (non-hydrogen) atoms. The summed E-state index contributed by atoms with van der Waals surface area (Å²) in [7, 11) is 3.45. The molecule has 2 rings (SSSR count). The van der Waals surface area contributed by atoms with Gasteiger partial charge in [-0.15, -0.1) is 0 Å². The van der Waals surface area contributed by atoms with E-state index in [1.807, 2.05) is 0 Å². The van der Waals surface area contributed by atoms with Crippen molar-refractivity contribution in [2.75, 3.05) is 32.1 Å². The van der Waals surface area contributed by atoms with Crippen LogP contribution in [0.3, 0.4) is 0 Å². The first-order valence-corrected chi connectivity index (χ1v) is 8.76. The third-order valence-electron chi connectivity index (χ3n) is 4.44. The molecule has 1 aromatic carbocycles. The molecule has 0 radical (unpaired) electrons. The van der Waals surface area contributed by atoms with Crippen molar-refractivity contribution in [2.24, 2.45) is 0 Å². The van der Waals surface area contributed by atoms with Gasteiger partial charge in [-0.25, -0.2) is 4.79 Å². The summed E-state index contributed by atoms with van der Waals surface area (Å²) in [5, 5.41) is 11.0. The number of hydrogen-bond acceptors (Lipinski definition) is 6. The predicted octanol–water partition coefficient (Wildman–Crippen LogP) is 2.61. The second kappa shape index (κ2) is 8.64. The van der Waals surface area contributed by atoms with E-state index in [4.69, 9.17) is 4.74 Å². The van der Waals surface area contributed by atoms with Crippen molar-refractivity contribution in [3.05, 3.63) is 33.9 Å². The van der Waals surface area contributed by atoms with Crippen molar-refractivity contribution in [1.29, 1.82) is 0 Å². The molecule has 1 aliphatic heterocycles. The molecule has 0 aromatic heterocycles. The van der Waals surface area contributed by atoms with E-state index in [9.17, 15) is 19.7 Å². The maximum Gasteiger partial charge on any atom is 0.341 e. The Balaban J connectivity index is 2.16. The van der Waals surface area contributed by atoms with Gasteiger partial charge in [-0.1, -0.05) is 12.8 Å². The van der Waals surface area contributed by atoms with E-state index >= 15 is 0 Å². The summed E-state index contributed by atoms with van der Waals surface area (Å²) in [5.74, 6) is -0.967. The Labute approximate surface area is 152 Å². The maximum atomic E-state index is 12.6. The molecule has 1 aromatic rings. The minimum Gasteiger partial charge on any atom is -0.449 e. The number of amides is 1. The summed E-state index contributed by atoms with van der Waals surface area (Å²) in [4.78, 5) is 38.9. The summed E-state index contributed by atoms with van der Waals surface area (Å²) < 4.78 is 5.34. The van der Waals surface area contributed by atoms with Crippen LogP contribution >= 0.6 is 0 Å². The highest BCUT2D eigenvalue weighted by molar-refractivity contribution is 5.98. The van der Waals surface area contributed by atoms with Gasteiger partial charge in [0, 0.05) is 39.3 Å². The molecule has 0 aliphatic carbocycles. The van der Waals surface area contributed by atoms with Crippen LogP contribution in [-0.2, 0) is 9.53 Å². The number of ether oxygens (including phenoxy) is 1. The van der Waals surface area contributed by atoms with E-state index in [1.54, 1.807) is 23.9 Å². The van der Waals surface area contributed by atoms with Gasteiger partial charge in [-0.2, -0.15) is 0 Å². The van der Waals surface area contributed by atoms with E-state index in [2.05, 4.69) is 0 Å². The van der Waals surface area contributed by atoms with Gasteiger partial charge in [-0.3, -0.25) is 14.9 Å². The molecule has 1 aliphatic rings. The van der Waals surface area contributed by atoms with Crippen molar-refractivity contribution in [2.45, 2.75) is 38.7 Å². The smallest absolute Gasteiger partial charge is 0.341 e. The van der Waals surface area contributed by atoms with Gasteiger partial charge in [0.1, 0.15) is 0 Å². The first kappa shape index (κ1) is 19.7. The number of rotatable bonds is 5. The predicted molar refractivity (Wildman–Crippen MR) is 97.3 cm³/mol. The number of likely N-dealkylation sites (tertiary alicyclic amines) is 1. The number of hydrogen-bond donors (Lipinski definition) is 0. The molecule has 0 bridgehead atoms. The van der Waals surface area contributed by atoms with Gasteiger partial charge in [-0.05, 0) is 25.8 Å². The topological polar surface area (TPSA) is 93.0 Å². The van der Waals surface area contributed by atoms with Gasteiger partial charge in [0.15, 0.2) is 6.10 Å². The van der Waals surface area contributed by atoms with Crippen molar-refractivity contribution >= 4 is 23.3 Å². The molecule has 8 heteroatoms. The highest BCUT2D eigenvalue weighted by Gasteiger charge is 2.27. The molecule has 0 N–H and O–H groups in total. The molecule has 1 heterocycles. The zero-order valence-corrected chi connectivity index (χ0v) is 15.4. The molecule has 0 saturated carbocycles. The van der Waals surface area contributed by atoms with Gasteiger partial charge < -0.3 is 14.5 Å². The van der Waals surface area contributed by atoms with Crippen LogP contribution in [0.25, 0.3) is 0 Å². The number of nitro groups is 1. The summed E-state index contributed by atoms with van der Waals surface area (Å²) in [5.41, 5.74) is 0.365. The number of carbonyl (C=O) groups is 2. The van der Waals surface area contributed by atoms with E-state index < -0.39 is 17.0 Å². The van der Waals surface area contributed by atoms with E-state index in [0.717, 1.165) is 25.7 Å². The minimum absolute atomic E-state index is 0.0692. The Morgan fingerprint density at radius 3 is 2.35 bits per heavy atom. The van der Waals surface area contributed by atoms with E-state index in [0.29, 0.717) is 18.8 Å². The maximum absolute atomic E-state index is 12.6. The monoisotopic (exact) mass is 363 g/mol. The molecule has 1 amide bonds. The highest BCUT2D eigenvalue weighted by atomic mass is 16.6. The zero-order valence-electron chi connectivity index (χ0n) is 15.4. The second-order valence-electron chi connectivity index (χ2n) is 6.64. The van der Waals surface area contributed by atoms with Crippen LogP contribution in [0.4, 0.5) is 11.4 Å². The summed E-state index contributed by atoms with van der Waals surface area (Å²) in [6.45, 7) is 2.87. The quantitative estimate of drug-likeness (QED) is 0.453. The molecule has 1 fully saturated rings. The fraction of sp³-hybridized carbons (Fsp3) is 0.556. The number of anilines is 1. The Hall–Kier alpha value is -2.64. The van der Waals surface area contributed by atoms with Gasteiger partial charge in [0.2, 0.25) is 0 Å². The molecular weight excluding hydrogens is 338 g/mol. The molecular formula is C18H25N3O5. The second-order valence-corrected chi connectivity index (χ2v) is 6.64. The van der Waals surface area contributed by atoms with Crippen LogP contribution in [0.5, 0.6) is 0 Å². The van der Waals surface area contributed by atoms with Gasteiger partial charge >= 0.3 is 5.97 Å². The van der Waals surface area contributed by atoms with Crippen LogP contribution in [0.1, 0.15) is 43.0 Å². The average molecular weight is 363 g/mol. The van der Waals surface area contributed by atoms with Gasteiger partial charge in [0.25, 0.3) is 11.6 Å². The van der Waals surface area contributed by atoms with E-state index in [-0.39, 0.29) is 17.2 Å². The third-order valence-corrected chi connectivity index (χ3v) is 4.44. The van der Waals surface area contributed by atoms with Crippen LogP contribution in [-0.4, -0.2) is 55.0 Å². The number of non-ortho nitro benzene ring substituents is 1. The normalized spacial score (nSPS) is 15.7. The Morgan fingerprint density at radius 2 is 1.81 bits per heavy atom. The van der Waals surface area contributed by atoms with Crippen molar-refractivity contribution < 1.29 is 19.2 Å². The molecule has 0 unspecified atom stereocenters. The van der Waals surface area contributed by atoms with Gasteiger partial charge in [0.05, 0.1) is 16.2 Å². The molecule has 142 valence electrons. The number of nitrogens with zero attached hydrogens (tertiary/aromatic N) is 3. The van der Waals surface area contributed by atoms with E-state index in [1.165, 1.54) is 25.1 Å². The lowest BCUT2D eigenvalue weighted by molar-refractivity contribution is -0.384. The fourth-order valence-corrected chi connectivity index (χ4v) is 3.01. The average Bonchev–Trinajstić information content (AvgIpc) is 2.89. The largest absolute Gasteiger partial charge is 0.449 e. The third kappa shape index (κ3) is 4.71. The van der Waals surface area contributed by atoms with Crippen molar-refractivity contribution in [3.63, 3.8) is 0 Å². The standard InChI is InChI=1S/C18H25N3O5/c1-13(17(22)20-10-6-4-5-7-11-20)26-18(23)15-12-14(21(24)25)8-9-16(15)19(2)3/h8-9,12-13H,4-7,10-11H2,1-3H3/t13-/m0/s1. The van der Waals surface area contributed by atoms with Crippen LogP contribution in [0.15, 0.2) is 18.2 Å². The fourth-order valence-electron chi connectivity index (χ4n) is 3.01. The zero-order chi connectivity index (χ0) is 19.3. The van der Waals surface area contributed by atoms with Crippen LogP contribution < -0.4 is 4.90 Å². The summed E-state index contributed by atoms with van der Waals surface area (Å²) in [6.07, 6.45) is 3.15. The molecule has 0 spiro atoms. The first-order chi connectivity index (χ1) is 12.3. The molecule has 1 saturated heterocycles. The number of benzene rings is 1. The lowest BCUT2D eigenvalue weighted by atomic mass is 10.1. The lowest BCUT2D eigenvalue weighted by Gasteiger charge is -2.24. The SMILES string of the molecule is C[C@H](OC(=O)c1cc([N+](=O)[O-])ccc1N(C)C)C(=O)N1CCCCCC1.